The second-order valence-electron chi connectivity index (χ2n) is 7.06. The van der Waals surface area contributed by atoms with E-state index >= 15 is 0 Å². The topological polar surface area (TPSA) is 123 Å². The lowest BCUT2D eigenvalue weighted by molar-refractivity contribution is 0.102. The number of ether oxygens (including phenoxy) is 1. The highest BCUT2D eigenvalue weighted by molar-refractivity contribution is 7.84. The Morgan fingerprint density at radius 1 is 1.09 bits per heavy atom. The summed E-state index contributed by atoms with van der Waals surface area (Å²) in [5.41, 5.74) is 5.63. The van der Waals surface area contributed by atoms with E-state index in [1.54, 1.807) is 6.07 Å². The number of rotatable bonds is 9. The monoisotopic (exact) mass is 504 g/mol. The fourth-order valence-electron chi connectivity index (χ4n) is 2.89. The van der Waals surface area contributed by atoms with Crippen LogP contribution in [0.1, 0.15) is 27.1 Å². The van der Waals surface area contributed by atoms with Gasteiger partial charge in [-0.2, -0.15) is 0 Å². The van der Waals surface area contributed by atoms with Crippen molar-refractivity contribution in [3.63, 3.8) is 0 Å². The first-order chi connectivity index (χ1) is 16.3. The summed E-state index contributed by atoms with van der Waals surface area (Å²) in [6, 6.07) is 11.0. The van der Waals surface area contributed by atoms with Gasteiger partial charge in [-0.05, 0) is 61.5 Å². The zero-order chi connectivity index (χ0) is 24.7. The highest BCUT2D eigenvalue weighted by Crippen LogP contribution is 2.25. The smallest absolute Gasteiger partial charge is 0.259 e. The molecule has 0 aliphatic carbocycles. The van der Waals surface area contributed by atoms with Crippen LogP contribution in [0.15, 0.2) is 59.6 Å². The van der Waals surface area contributed by atoms with E-state index in [-0.39, 0.29) is 35.0 Å². The summed E-state index contributed by atoms with van der Waals surface area (Å²) in [5, 5.41) is 5.54. The predicted molar refractivity (Wildman–Crippen MR) is 129 cm³/mol. The quantitative estimate of drug-likeness (QED) is 0.380. The van der Waals surface area contributed by atoms with Crippen LogP contribution in [0.3, 0.4) is 0 Å². The van der Waals surface area contributed by atoms with Gasteiger partial charge in [-0.25, -0.2) is 9.37 Å². The predicted octanol–water partition coefficient (Wildman–Crippen LogP) is 3.84. The van der Waals surface area contributed by atoms with Crippen molar-refractivity contribution in [2.75, 3.05) is 30.0 Å². The summed E-state index contributed by atoms with van der Waals surface area (Å²) in [6.07, 6.45) is 3.42. The Morgan fingerprint density at radius 2 is 1.85 bits per heavy atom. The van der Waals surface area contributed by atoms with Crippen molar-refractivity contribution in [1.82, 2.24) is 4.98 Å². The number of nitrogens with two attached hydrogens (primary N) is 1. The van der Waals surface area contributed by atoms with Crippen molar-refractivity contribution in [2.24, 2.45) is 5.73 Å². The lowest BCUT2D eigenvalue weighted by Crippen LogP contribution is -2.20. The van der Waals surface area contributed by atoms with Crippen LogP contribution in [0.5, 0.6) is 5.75 Å². The molecule has 3 rings (SSSR count). The second-order valence-corrected chi connectivity index (χ2v) is 8.88. The van der Waals surface area contributed by atoms with E-state index in [2.05, 4.69) is 15.6 Å². The van der Waals surface area contributed by atoms with Crippen molar-refractivity contribution >= 4 is 45.7 Å². The first-order valence-corrected chi connectivity index (χ1v) is 12.1. The minimum Gasteiger partial charge on any atom is -0.493 e. The lowest BCUT2D eigenvalue weighted by Gasteiger charge is -2.15. The number of halogens is 2. The number of amides is 2. The maximum atomic E-state index is 13.9. The molecule has 3 aromatic rings. The van der Waals surface area contributed by atoms with Gasteiger partial charge >= 0.3 is 0 Å². The molecule has 2 amide bonds. The number of hydrogen-bond acceptors (Lipinski definition) is 6. The van der Waals surface area contributed by atoms with E-state index in [0.29, 0.717) is 22.9 Å². The largest absolute Gasteiger partial charge is 0.493 e. The highest BCUT2D eigenvalue weighted by atomic mass is 35.5. The molecule has 0 aliphatic rings. The molecule has 178 valence electrons. The third kappa shape index (κ3) is 6.60. The number of benzene rings is 2. The molecule has 0 spiro atoms. The van der Waals surface area contributed by atoms with Crippen LogP contribution >= 0.6 is 11.6 Å². The molecule has 0 radical (unpaired) electrons. The Balaban J connectivity index is 1.87. The molecule has 0 bridgehead atoms. The van der Waals surface area contributed by atoms with Crippen LogP contribution < -0.4 is 21.1 Å². The van der Waals surface area contributed by atoms with Crippen molar-refractivity contribution in [3.8, 4) is 5.75 Å². The Hall–Kier alpha value is -3.34. The maximum Gasteiger partial charge on any atom is 0.259 e. The van der Waals surface area contributed by atoms with Crippen LogP contribution in [-0.2, 0) is 10.8 Å². The Morgan fingerprint density at radius 3 is 2.53 bits per heavy atom. The van der Waals surface area contributed by atoms with Gasteiger partial charge in [0.1, 0.15) is 17.4 Å². The van der Waals surface area contributed by atoms with Crippen molar-refractivity contribution in [3.05, 3.63) is 76.7 Å². The van der Waals surface area contributed by atoms with Crippen LogP contribution in [0.25, 0.3) is 0 Å². The molecule has 0 fully saturated rings. The molecule has 1 atom stereocenters. The second kappa shape index (κ2) is 11.7. The van der Waals surface area contributed by atoms with E-state index in [9.17, 15) is 18.2 Å². The van der Waals surface area contributed by atoms with Crippen molar-refractivity contribution < 1.29 is 22.9 Å². The third-order valence-corrected chi connectivity index (χ3v) is 5.72. The average molecular weight is 505 g/mol. The molecule has 34 heavy (non-hydrogen) atoms. The Bertz CT molecular complexity index is 1220. The number of nitrogens with one attached hydrogen (secondary N) is 2. The molecule has 0 saturated heterocycles. The summed E-state index contributed by atoms with van der Waals surface area (Å²) in [4.78, 5) is 30.3. The van der Waals surface area contributed by atoms with Gasteiger partial charge in [0.05, 0.1) is 28.4 Å². The molecule has 4 N–H and O–H groups in total. The molecule has 0 saturated carbocycles. The number of aromatic nitrogens is 1. The molecular formula is C23H22ClFN4O4S. The highest BCUT2D eigenvalue weighted by Gasteiger charge is 2.19. The first kappa shape index (κ1) is 25.3. The van der Waals surface area contributed by atoms with Crippen molar-refractivity contribution in [2.45, 2.75) is 11.3 Å². The van der Waals surface area contributed by atoms with E-state index in [1.807, 2.05) is 0 Å². The molecule has 0 aliphatic heterocycles. The van der Waals surface area contributed by atoms with Crippen LogP contribution in [0.2, 0.25) is 5.02 Å². The summed E-state index contributed by atoms with van der Waals surface area (Å²) < 4.78 is 31.5. The summed E-state index contributed by atoms with van der Waals surface area (Å²) in [6.45, 7) is 0.659. The number of carbonyl (C=O) groups excluding carboxylic acids is 2. The normalized spacial score (nSPS) is 11.5. The van der Waals surface area contributed by atoms with E-state index in [1.165, 1.54) is 42.8 Å². The minimum absolute atomic E-state index is 0.0777. The maximum absolute atomic E-state index is 13.9. The summed E-state index contributed by atoms with van der Waals surface area (Å²) in [7, 11) is -1.28. The molecule has 8 nitrogen and oxygen atoms in total. The zero-order valence-corrected chi connectivity index (χ0v) is 19.7. The van der Waals surface area contributed by atoms with Gasteiger partial charge in [0.25, 0.3) is 11.8 Å². The molecule has 1 aromatic heterocycles. The average Bonchev–Trinajstić information content (AvgIpc) is 2.81. The summed E-state index contributed by atoms with van der Waals surface area (Å²) >= 11 is 5.80. The fraction of sp³-hybridized carbons (Fsp3) is 0.174. The Kier molecular flexibility index (Phi) is 8.69. The number of anilines is 2. The third-order valence-electron chi connectivity index (χ3n) is 4.58. The van der Waals surface area contributed by atoms with Gasteiger partial charge in [-0.3, -0.25) is 13.8 Å². The molecule has 11 heteroatoms. The van der Waals surface area contributed by atoms with Crippen LogP contribution in [0.4, 0.5) is 15.9 Å². The number of pyridine rings is 1. The zero-order valence-electron chi connectivity index (χ0n) is 18.1. The molecule has 2 aromatic carbocycles. The van der Waals surface area contributed by atoms with E-state index < -0.39 is 28.4 Å². The van der Waals surface area contributed by atoms with E-state index in [0.717, 1.165) is 12.1 Å². The Labute approximate surface area is 203 Å². The first-order valence-electron chi connectivity index (χ1n) is 10.1. The number of nitrogens with zero attached hydrogens (tertiary/aromatic N) is 1. The SMILES string of the molecule is CS(=O)c1ccc(C(=O)Nc2ccc(F)cc2C(=O)Nc2ccc(Cl)cn2)c(OCCCN)c1. The van der Waals surface area contributed by atoms with Crippen LogP contribution in [0, 0.1) is 5.82 Å². The fourth-order valence-corrected chi connectivity index (χ4v) is 3.53. The van der Waals surface area contributed by atoms with Gasteiger partial charge in [0.2, 0.25) is 0 Å². The van der Waals surface area contributed by atoms with Crippen molar-refractivity contribution in [1.29, 1.82) is 0 Å². The number of hydrogen-bond donors (Lipinski definition) is 3. The van der Waals surface area contributed by atoms with Gasteiger partial charge < -0.3 is 21.1 Å². The molecule has 1 heterocycles. The molecular weight excluding hydrogens is 483 g/mol. The van der Waals surface area contributed by atoms with Gasteiger partial charge in [0.15, 0.2) is 0 Å². The standard InChI is InChI=1S/C23H22ClFN4O4S/c1-34(32)16-5-6-17(20(12-16)33-10-2-9-26)22(30)28-19-7-4-15(25)11-18(19)23(31)29-21-8-3-14(24)13-27-21/h3-8,11-13H,2,9-10,26H2,1H3,(H,28,30)(H,27,29,31). The van der Waals surface area contributed by atoms with E-state index in [4.69, 9.17) is 22.1 Å². The van der Waals surface area contributed by atoms with Crippen LogP contribution in [-0.4, -0.2) is 40.4 Å². The molecule has 1 unspecified atom stereocenters. The number of carbonyl (C=O) groups is 2. The van der Waals surface area contributed by atoms with Gasteiger partial charge in [0, 0.05) is 28.1 Å². The van der Waals surface area contributed by atoms with Gasteiger partial charge in [-0.1, -0.05) is 11.6 Å². The summed E-state index contributed by atoms with van der Waals surface area (Å²) in [5.74, 6) is -1.51. The lowest BCUT2D eigenvalue weighted by atomic mass is 10.1. The van der Waals surface area contributed by atoms with Gasteiger partial charge in [-0.15, -0.1) is 0 Å². The minimum atomic E-state index is -1.28.